The van der Waals surface area contributed by atoms with Crippen LogP contribution < -0.4 is 5.32 Å². The van der Waals surface area contributed by atoms with E-state index >= 15 is 0 Å². The summed E-state index contributed by atoms with van der Waals surface area (Å²) in [5.41, 5.74) is 4.21. The van der Waals surface area contributed by atoms with Crippen molar-refractivity contribution in [1.29, 1.82) is 0 Å². The van der Waals surface area contributed by atoms with Crippen molar-refractivity contribution in [3.05, 3.63) is 34.9 Å². The zero-order valence-corrected chi connectivity index (χ0v) is 10.0. The second-order valence-corrected chi connectivity index (χ2v) is 4.93. The predicted octanol–water partition coefficient (Wildman–Crippen LogP) is 3.36. The van der Waals surface area contributed by atoms with E-state index in [1.807, 2.05) is 0 Å². The molecule has 1 aromatic rings. The summed E-state index contributed by atoms with van der Waals surface area (Å²) < 4.78 is 0. The zero-order chi connectivity index (χ0) is 10.8. The van der Waals surface area contributed by atoms with E-state index in [2.05, 4.69) is 44.3 Å². The summed E-state index contributed by atoms with van der Waals surface area (Å²) in [7, 11) is 0. The summed E-state index contributed by atoms with van der Waals surface area (Å²) in [6.07, 6.45) is 2.85. The highest BCUT2D eigenvalue weighted by Gasteiger charge is 2.21. The van der Waals surface area contributed by atoms with Crippen LogP contribution in [0.4, 0.5) is 0 Å². The van der Waals surface area contributed by atoms with Gasteiger partial charge in [-0.2, -0.15) is 0 Å². The van der Waals surface area contributed by atoms with Gasteiger partial charge in [0.15, 0.2) is 0 Å². The molecule has 0 amide bonds. The smallest absolute Gasteiger partial charge is 0.0294 e. The third-order valence-corrected chi connectivity index (χ3v) is 3.31. The Bertz CT molecular complexity index is 339. The molecule has 0 radical (unpaired) electrons. The minimum Gasteiger partial charge on any atom is -0.310 e. The molecular formula is C14H21N. The number of hydrogen-bond acceptors (Lipinski definition) is 1. The van der Waals surface area contributed by atoms with Crippen molar-refractivity contribution in [2.45, 2.75) is 39.7 Å². The molecule has 1 unspecified atom stereocenters. The average Bonchev–Trinajstić information content (AvgIpc) is 3.02. The average molecular weight is 203 g/mol. The fraction of sp³-hybridized carbons (Fsp3) is 0.571. The van der Waals surface area contributed by atoms with E-state index in [0.29, 0.717) is 6.04 Å². The SMILES string of the molecule is Cc1ccc(C)c(C(C)NCC2CC2)c1. The molecule has 15 heavy (non-hydrogen) atoms. The number of rotatable bonds is 4. The van der Waals surface area contributed by atoms with Crippen molar-refractivity contribution in [3.63, 3.8) is 0 Å². The van der Waals surface area contributed by atoms with Gasteiger partial charge in [-0.15, -0.1) is 0 Å². The molecule has 2 rings (SSSR count). The summed E-state index contributed by atoms with van der Waals surface area (Å²) in [5, 5.41) is 3.63. The first-order chi connectivity index (χ1) is 7.16. The van der Waals surface area contributed by atoms with Gasteiger partial charge in [0.25, 0.3) is 0 Å². The normalized spacial score (nSPS) is 17.8. The Kier molecular flexibility index (Phi) is 3.11. The van der Waals surface area contributed by atoms with Gasteiger partial charge in [0, 0.05) is 6.04 Å². The minimum absolute atomic E-state index is 0.491. The van der Waals surface area contributed by atoms with E-state index in [1.165, 1.54) is 36.1 Å². The van der Waals surface area contributed by atoms with Crippen LogP contribution in [0, 0.1) is 19.8 Å². The second-order valence-electron chi connectivity index (χ2n) is 4.93. The van der Waals surface area contributed by atoms with Crippen LogP contribution in [0.3, 0.4) is 0 Å². The summed E-state index contributed by atoms with van der Waals surface area (Å²) >= 11 is 0. The van der Waals surface area contributed by atoms with Crippen molar-refractivity contribution in [2.24, 2.45) is 5.92 Å². The highest BCUT2D eigenvalue weighted by molar-refractivity contribution is 5.32. The molecule has 1 nitrogen and oxygen atoms in total. The maximum absolute atomic E-state index is 3.63. The molecule has 1 saturated carbocycles. The monoisotopic (exact) mass is 203 g/mol. The molecular weight excluding hydrogens is 182 g/mol. The van der Waals surface area contributed by atoms with Crippen LogP contribution in [-0.2, 0) is 0 Å². The number of aryl methyl sites for hydroxylation is 2. The van der Waals surface area contributed by atoms with E-state index in [9.17, 15) is 0 Å². The van der Waals surface area contributed by atoms with Crippen molar-refractivity contribution in [1.82, 2.24) is 5.32 Å². The molecule has 0 bridgehead atoms. The topological polar surface area (TPSA) is 12.0 Å². The molecule has 82 valence electrons. The third-order valence-electron chi connectivity index (χ3n) is 3.31. The van der Waals surface area contributed by atoms with Crippen LogP contribution in [0.15, 0.2) is 18.2 Å². The van der Waals surface area contributed by atoms with Gasteiger partial charge < -0.3 is 5.32 Å². The lowest BCUT2D eigenvalue weighted by molar-refractivity contribution is 0.546. The first-order valence-electron chi connectivity index (χ1n) is 5.97. The molecule has 0 aromatic heterocycles. The molecule has 1 aromatic carbocycles. The molecule has 0 spiro atoms. The largest absolute Gasteiger partial charge is 0.310 e. The van der Waals surface area contributed by atoms with Crippen molar-refractivity contribution >= 4 is 0 Å². The van der Waals surface area contributed by atoms with Crippen LogP contribution in [0.5, 0.6) is 0 Å². The van der Waals surface area contributed by atoms with Crippen LogP contribution >= 0.6 is 0 Å². The molecule has 1 fully saturated rings. The van der Waals surface area contributed by atoms with Crippen molar-refractivity contribution in [3.8, 4) is 0 Å². The van der Waals surface area contributed by atoms with Gasteiger partial charge in [-0.05, 0) is 57.2 Å². The molecule has 1 aliphatic rings. The van der Waals surface area contributed by atoms with Crippen LogP contribution in [0.1, 0.15) is 42.5 Å². The molecule has 1 atom stereocenters. The van der Waals surface area contributed by atoms with Gasteiger partial charge in [-0.3, -0.25) is 0 Å². The van der Waals surface area contributed by atoms with E-state index in [0.717, 1.165) is 5.92 Å². The zero-order valence-electron chi connectivity index (χ0n) is 10.0. The minimum atomic E-state index is 0.491. The Labute approximate surface area is 92.9 Å². The fourth-order valence-corrected chi connectivity index (χ4v) is 2.00. The van der Waals surface area contributed by atoms with Gasteiger partial charge in [0.05, 0.1) is 0 Å². The molecule has 0 heterocycles. The third kappa shape index (κ3) is 2.82. The number of hydrogen-bond donors (Lipinski definition) is 1. The Balaban J connectivity index is 2.02. The van der Waals surface area contributed by atoms with Crippen molar-refractivity contribution < 1.29 is 0 Å². The highest BCUT2D eigenvalue weighted by atomic mass is 14.9. The predicted molar refractivity (Wildman–Crippen MR) is 65.1 cm³/mol. The van der Waals surface area contributed by atoms with E-state index in [-0.39, 0.29) is 0 Å². The fourth-order valence-electron chi connectivity index (χ4n) is 2.00. The van der Waals surface area contributed by atoms with Crippen molar-refractivity contribution in [2.75, 3.05) is 6.54 Å². The highest BCUT2D eigenvalue weighted by Crippen LogP contribution is 2.29. The maximum atomic E-state index is 3.63. The summed E-state index contributed by atoms with van der Waals surface area (Å²) in [6.45, 7) is 7.82. The Morgan fingerprint density at radius 1 is 1.33 bits per heavy atom. The first kappa shape index (κ1) is 10.7. The summed E-state index contributed by atoms with van der Waals surface area (Å²) in [6, 6.07) is 7.21. The quantitative estimate of drug-likeness (QED) is 0.791. The molecule has 1 aliphatic carbocycles. The van der Waals surface area contributed by atoms with Gasteiger partial charge in [0.2, 0.25) is 0 Å². The maximum Gasteiger partial charge on any atom is 0.0294 e. The molecule has 1 heteroatoms. The summed E-state index contributed by atoms with van der Waals surface area (Å²) in [5.74, 6) is 0.956. The van der Waals surface area contributed by atoms with Crippen LogP contribution in [0.25, 0.3) is 0 Å². The lowest BCUT2D eigenvalue weighted by atomic mass is 10.00. The second kappa shape index (κ2) is 4.36. The Morgan fingerprint density at radius 3 is 2.73 bits per heavy atom. The van der Waals surface area contributed by atoms with E-state index in [4.69, 9.17) is 0 Å². The van der Waals surface area contributed by atoms with Gasteiger partial charge in [-0.25, -0.2) is 0 Å². The number of benzene rings is 1. The van der Waals surface area contributed by atoms with Gasteiger partial charge >= 0.3 is 0 Å². The standard InChI is InChI=1S/C14H21N/c1-10-4-5-11(2)14(8-10)12(3)15-9-13-6-7-13/h4-5,8,12-13,15H,6-7,9H2,1-3H3. The van der Waals surface area contributed by atoms with Crippen LogP contribution in [-0.4, -0.2) is 6.54 Å². The Hall–Kier alpha value is -0.820. The molecule has 1 N–H and O–H groups in total. The molecule has 0 aliphatic heterocycles. The van der Waals surface area contributed by atoms with E-state index in [1.54, 1.807) is 0 Å². The lowest BCUT2D eigenvalue weighted by Crippen LogP contribution is -2.21. The lowest BCUT2D eigenvalue weighted by Gasteiger charge is -2.17. The van der Waals surface area contributed by atoms with E-state index < -0.39 is 0 Å². The first-order valence-corrected chi connectivity index (χ1v) is 5.97. The molecule has 0 saturated heterocycles. The van der Waals surface area contributed by atoms with Gasteiger partial charge in [-0.1, -0.05) is 23.8 Å². The Morgan fingerprint density at radius 2 is 2.07 bits per heavy atom. The number of nitrogens with one attached hydrogen (secondary N) is 1. The van der Waals surface area contributed by atoms with Gasteiger partial charge in [0.1, 0.15) is 0 Å². The van der Waals surface area contributed by atoms with Crippen LogP contribution in [0.2, 0.25) is 0 Å². The summed E-state index contributed by atoms with van der Waals surface area (Å²) in [4.78, 5) is 0.